The quantitative estimate of drug-likeness (QED) is 0.636. The van der Waals surface area contributed by atoms with E-state index in [4.69, 9.17) is 0 Å². The van der Waals surface area contributed by atoms with Gasteiger partial charge in [-0.1, -0.05) is 18.2 Å². The molecule has 2 aromatic rings. The number of rotatable bonds is 4. The fourth-order valence-corrected chi connectivity index (χ4v) is 2.33. The number of hydrogen-bond acceptors (Lipinski definition) is 4. The molecule has 0 unspecified atom stereocenters. The highest BCUT2D eigenvalue weighted by atomic mass is 16.6. The highest BCUT2D eigenvalue weighted by Gasteiger charge is 2.15. The normalized spacial score (nSPS) is 10.9. The maximum Gasteiger partial charge on any atom is 0.294 e. The van der Waals surface area contributed by atoms with Crippen molar-refractivity contribution in [2.45, 2.75) is 13.8 Å². The SMILES string of the molecule is Cc1cccc(C)c1-c1cc(C=CN(C)C)c([N+](=O)[O-])cn1. The van der Waals surface area contributed by atoms with E-state index in [9.17, 15) is 10.1 Å². The summed E-state index contributed by atoms with van der Waals surface area (Å²) in [6, 6.07) is 7.79. The zero-order valence-electron chi connectivity index (χ0n) is 13.2. The second-order valence-corrected chi connectivity index (χ2v) is 5.43. The molecular weight excluding hydrogens is 278 g/mol. The molecule has 2 rings (SSSR count). The van der Waals surface area contributed by atoms with Gasteiger partial charge in [0.25, 0.3) is 5.69 Å². The van der Waals surface area contributed by atoms with Gasteiger partial charge in [0.05, 0.1) is 16.2 Å². The van der Waals surface area contributed by atoms with E-state index in [1.807, 2.05) is 51.0 Å². The average molecular weight is 297 g/mol. The smallest absolute Gasteiger partial charge is 0.294 e. The van der Waals surface area contributed by atoms with Crippen molar-refractivity contribution in [2.75, 3.05) is 14.1 Å². The lowest BCUT2D eigenvalue weighted by atomic mass is 9.98. The van der Waals surface area contributed by atoms with Crippen LogP contribution in [0.25, 0.3) is 17.3 Å². The lowest BCUT2D eigenvalue weighted by molar-refractivity contribution is -0.385. The van der Waals surface area contributed by atoms with Gasteiger partial charge >= 0.3 is 0 Å². The molecular formula is C17H19N3O2. The Kier molecular flexibility index (Phi) is 4.56. The van der Waals surface area contributed by atoms with Crippen LogP contribution in [0.15, 0.2) is 36.7 Å². The topological polar surface area (TPSA) is 59.3 Å². The van der Waals surface area contributed by atoms with Gasteiger partial charge in [-0.05, 0) is 43.3 Å². The van der Waals surface area contributed by atoms with Crippen LogP contribution in [-0.4, -0.2) is 28.9 Å². The third-order valence-electron chi connectivity index (χ3n) is 3.40. The van der Waals surface area contributed by atoms with Crippen LogP contribution >= 0.6 is 0 Å². The Labute approximate surface area is 130 Å². The minimum Gasteiger partial charge on any atom is -0.383 e. The van der Waals surface area contributed by atoms with Crippen LogP contribution in [0.4, 0.5) is 5.69 Å². The monoisotopic (exact) mass is 297 g/mol. The van der Waals surface area contributed by atoms with Gasteiger partial charge in [-0.15, -0.1) is 0 Å². The maximum absolute atomic E-state index is 11.2. The fourth-order valence-electron chi connectivity index (χ4n) is 2.33. The molecule has 0 fully saturated rings. The zero-order valence-corrected chi connectivity index (χ0v) is 13.2. The fraction of sp³-hybridized carbons (Fsp3) is 0.235. The molecule has 0 atom stereocenters. The summed E-state index contributed by atoms with van der Waals surface area (Å²) in [5.74, 6) is 0. The van der Waals surface area contributed by atoms with Gasteiger partial charge in [-0.25, -0.2) is 4.98 Å². The summed E-state index contributed by atoms with van der Waals surface area (Å²) >= 11 is 0. The molecule has 0 aliphatic carbocycles. The van der Waals surface area contributed by atoms with Gasteiger partial charge in [0, 0.05) is 19.7 Å². The molecule has 0 aliphatic rings. The highest BCUT2D eigenvalue weighted by Crippen LogP contribution is 2.29. The molecule has 1 aromatic carbocycles. The number of pyridine rings is 1. The number of nitro groups is 1. The van der Waals surface area contributed by atoms with Crippen molar-refractivity contribution < 1.29 is 4.92 Å². The van der Waals surface area contributed by atoms with Crippen LogP contribution in [0.2, 0.25) is 0 Å². The minimum atomic E-state index is -0.406. The van der Waals surface area contributed by atoms with E-state index in [1.54, 1.807) is 18.3 Å². The molecule has 0 radical (unpaired) electrons. The van der Waals surface area contributed by atoms with Crippen molar-refractivity contribution in [1.29, 1.82) is 0 Å². The summed E-state index contributed by atoms with van der Waals surface area (Å²) in [5.41, 5.74) is 4.53. The zero-order chi connectivity index (χ0) is 16.3. The number of benzene rings is 1. The first-order valence-electron chi connectivity index (χ1n) is 6.96. The molecule has 22 heavy (non-hydrogen) atoms. The maximum atomic E-state index is 11.2. The van der Waals surface area contributed by atoms with E-state index < -0.39 is 4.92 Å². The van der Waals surface area contributed by atoms with Crippen molar-refractivity contribution in [2.24, 2.45) is 0 Å². The average Bonchev–Trinajstić information content (AvgIpc) is 2.44. The van der Waals surface area contributed by atoms with Crippen LogP contribution in [0, 0.1) is 24.0 Å². The van der Waals surface area contributed by atoms with E-state index in [0.717, 1.165) is 22.4 Å². The lowest BCUT2D eigenvalue weighted by Crippen LogP contribution is -2.01. The summed E-state index contributed by atoms with van der Waals surface area (Å²) in [4.78, 5) is 16.9. The Morgan fingerprint density at radius 3 is 2.41 bits per heavy atom. The molecule has 5 heteroatoms. The molecule has 0 saturated heterocycles. The van der Waals surface area contributed by atoms with Gasteiger partial charge in [0.15, 0.2) is 0 Å². The van der Waals surface area contributed by atoms with Gasteiger partial charge in [0.1, 0.15) is 6.20 Å². The van der Waals surface area contributed by atoms with Crippen molar-refractivity contribution >= 4 is 11.8 Å². The summed E-state index contributed by atoms with van der Waals surface area (Å²) in [7, 11) is 3.74. The van der Waals surface area contributed by atoms with Crippen molar-refractivity contribution in [3.8, 4) is 11.3 Å². The molecule has 5 nitrogen and oxygen atoms in total. The summed E-state index contributed by atoms with van der Waals surface area (Å²) in [6.45, 7) is 4.03. The van der Waals surface area contributed by atoms with E-state index in [2.05, 4.69) is 4.98 Å². The first kappa shape index (κ1) is 15.7. The predicted molar refractivity (Wildman–Crippen MR) is 88.5 cm³/mol. The third-order valence-corrected chi connectivity index (χ3v) is 3.40. The summed E-state index contributed by atoms with van der Waals surface area (Å²) < 4.78 is 0. The van der Waals surface area contributed by atoms with Crippen LogP contribution < -0.4 is 0 Å². The molecule has 0 bridgehead atoms. The van der Waals surface area contributed by atoms with Crippen molar-refractivity contribution in [3.63, 3.8) is 0 Å². The summed E-state index contributed by atoms with van der Waals surface area (Å²) in [5, 5.41) is 11.2. The van der Waals surface area contributed by atoms with E-state index in [1.165, 1.54) is 6.20 Å². The second-order valence-electron chi connectivity index (χ2n) is 5.43. The van der Waals surface area contributed by atoms with E-state index >= 15 is 0 Å². The number of hydrogen-bond donors (Lipinski definition) is 0. The van der Waals surface area contributed by atoms with E-state index in [-0.39, 0.29) is 5.69 Å². The van der Waals surface area contributed by atoms with Crippen LogP contribution in [0.3, 0.4) is 0 Å². The largest absolute Gasteiger partial charge is 0.383 e. The molecule has 0 amide bonds. The Balaban J connectivity index is 2.60. The molecule has 0 saturated carbocycles. The molecule has 114 valence electrons. The molecule has 1 heterocycles. The number of aryl methyl sites for hydroxylation is 2. The Morgan fingerprint density at radius 1 is 1.23 bits per heavy atom. The standard InChI is InChI=1S/C17H19N3O2/c1-12-6-5-7-13(2)17(12)15-10-14(8-9-19(3)4)16(11-18-15)20(21)22/h5-11H,1-4H3. The van der Waals surface area contributed by atoms with Crippen LogP contribution in [0.1, 0.15) is 16.7 Å². The van der Waals surface area contributed by atoms with Crippen molar-refractivity contribution in [1.82, 2.24) is 9.88 Å². The molecule has 0 spiro atoms. The second kappa shape index (κ2) is 6.39. The minimum absolute atomic E-state index is 0.00749. The van der Waals surface area contributed by atoms with Crippen LogP contribution in [-0.2, 0) is 0 Å². The van der Waals surface area contributed by atoms with Crippen molar-refractivity contribution in [3.05, 3.63) is 63.5 Å². The summed E-state index contributed by atoms with van der Waals surface area (Å²) in [6.07, 6.45) is 4.85. The van der Waals surface area contributed by atoms with Gasteiger partial charge < -0.3 is 4.90 Å². The molecule has 1 aromatic heterocycles. The first-order chi connectivity index (χ1) is 10.4. The van der Waals surface area contributed by atoms with Gasteiger partial charge in [0.2, 0.25) is 0 Å². The predicted octanol–water partition coefficient (Wildman–Crippen LogP) is 3.81. The molecule has 0 N–H and O–H groups in total. The lowest BCUT2D eigenvalue weighted by Gasteiger charge is -2.10. The highest BCUT2D eigenvalue weighted by molar-refractivity contribution is 5.72. The van der Waals surface area contributed by atoms with Gasteiger partial charge in [-0.2, -0.15) is 0 Å². The number of aromatic nitrogens is 1. The third kappa shape index (κ3) is 3.31. The first-order valence-corrected chi connectivity index (χ1v) is 6.96. The Morgan fingerprint density at radius 2 is 1.86 bits per heavy atom. The van der Waals surface area contributed by atoms with Crippen LogP contribution in [0.5, 0.6) is 0 Å². The van der Waals surface area contributed by atoms with Gasteiger partial charge in [-0.3, -0.25) is 10.1 Å². The Hall–Kier alpha value is -2.69. The van der Waals surface area contributed by atoms with E-state index in [0.29, 0.717) is 5.56 Å². The number of nitrogens with zero attached hydrogens (tertiary/aromatic N) is 3. The molecule has 0 aliphatic heterocycles. The Bertz CT molecular complexity index is 716.